The van der Waals surface area contributed by atoms with E-state index in [1.807, 2.05) is 52.5 Å². The Balaban J connectivity index is 0.000000249. The van der Waals surface area contributed by atoms with E-state index < -0.39 is 0 Å². The SMILES string of the molecule is C=CN1C2C3N(C=CC)C(C4N(C=C)C1C(N4C=CC)N3/C=C\C)N2C=C.C=CN1C2NC3NC4NC3NC2NC41.CC.CC.PI.[W]. The van der Waals surface area contributed by atoms with Crippen molar-refractivity contribution >= 4 is 28.9 Å². The molecule has 0 amide bonds. The Morgan fingerprint density at radius 1 is 0.438 bits per heavy atom. The molecule has 0 saturated carbocycles. The molecular formula is C33H58IN12PW. The third-order valence-corrected chi connectivity index (χ3v) is 9.66. The smallest absolute Gasteiger partial charge is 0.144 e. The van der Waals surface area contributed by atoms with Crippen LogP contribution in [0.25, 0.3) is 0 Å². The Kier molecular flexibility index (Phi) is 15.4. The van der Waals surface area contributed by atoms with Crippen LogP contribution < -0.4 is 26.6 Å². The van der Waals surface area contributed by atoms with Crippen LogP contribution in [-0.4, -0.2) is 108 Å². The molecule has 12 bridgehead atoms. The van der Waals surface area contributed by atoms with E-state index in [1.165, 1.54) is 0 Å². The van der Waals surface area contributed by atoms with Gasteiger partial charge in [0.1, 0.15) is 49.3 Å². The summed E-state index contributed by atoms with van der Waals surface area (Å²) in [6.45, 7) is 32.9. The maximum Gasteiger partial charge on any atom is 0.144 e. The van der Waals surface area contributed by atoms with E-state index in [0.717, 1.165) is 0 Å². The zero-order chi connectivity index (χ0) is 34.6. The first-order valence-electron chi connectivity index (χ1n) is 16.9. The standard InChI is InChI=1S/C21H30N6.C8H14N6.2C2H6.H2IP.W/c1-7-13-25-18-19-24(12-6)17-21(26(19)14-8-2)27(15-9-3)20(25)16(22(17)10-4)23(18)11-5;1-2-14-7-5-9-3-4(11-5)12-8(14)6(10-3)13-7;3*1-2;/h7-21H,4-6H2,1-3H3;2-13H,1H2;2*1-2H3;2H2;/b13-7?,14-8?,15-9-;;;;;. The molecular weight excluding hydrogens is 906 g/mol. The van der Waals surface area contributed by atoms with Crippen molar-refractivity contribution in [2.24, 2.45) is 0 Å². The van der Waals surface area contributed by atoms with Gasteiger partial charge in [0.05, 0.1) is 24.7 Å². The van der Waals surface area contributed by atoms with Crippen molar-refractivity contribution < 1.29 is 21.1 Å². The molecule has 10 aliphatic heterocycles. The van der Waals surface area contributed by atoms with Crippen LogP contribution in [0.5, 0.6) is 0 Å². The number of allylic oxidation sites excluding steroid dienone is 3. The summed E-state index contributed by atoms with van der Waals surface area (Å²) in [6, 6.07) is 0. The average Bonchev–Trinajstić information content (AvgIpc) is 3.77. The molecule has 10 aliphatic rings. The fourth-order valence-electron chi connectivity index (χ4n) is 8.40. The topological polar surface area (TPSA) is 82.8 Å². The summed E-state index contributed by atoms with van der Waals surface area (Å²) in [5.41, 5.74) is 0. The van der Waals surface area contributed by atoms with Crippen LogP contribution in [0.2, 0.25) is 0 Å². The summed E-state index contributed by atoms with van der Waals surface area (Å²) in [4.78, 5) is 16.7. The fraction of sp³-hybridized carbons (Fsp3) is 0.576. The molecule has 10 saturated heterocycles. The number of hydrogen-bond acceptors (Lipinski definition) is 12. The van der Waals surface area contributed by atoms with Gasteiger partial charge >= 0.3 is 0 Å². The summed E-state index contributed by atoms with van der Waals surface area (Å²) in [5.74, 6) is 0. The van der Waals surface area contributed by atoms with Gasteiger partial charge < -0.3 is 34.3 Å². The number of nitrogens with one attached hydrogen (secondary N) is 5. The van der Waals surface area contributed by atoms with Gasteiger partial charge in [-0.15, -0.1) is 0 Å². The third-order valence-electron chi connectivity index (χ3n) is 9.66. The normalized spacial score (nSPS) is 38.1. The van der Waals surface area contributed by atoms with Gasteiger partial charge in [0, 0.05) is 21.1 Å². The van der Waals surface area contributed by atoms with E-state index in [4.69, 9.17) is 0 Å². The van der Waals surface area contributed by atoms with Gasteiger partial charge in [0.25, 0.3) is 0 Å². The summed E-state index contributed by atoms with van der Waals surface area (Å²) in [5, 5.41) is 17.6. The predicted octanol–water partition coefficient (Wildman–Crippen LogP) is 3.49. The molecule has 10 rings (SSSR count). The van der Waals surface area contributed by atoms with Gasteiger partial charge in [-0.25, -0.2) is 0 Å². The Labute approximate surface area is 319 Å². The molecule has 0 radical (unpaired) electrons. The zero-order valence-electron chi connectivity index (χ0n) is 29.5. The van der Waals surface area contributed by atoms with Crippen molar-refractivity contribution in [3.8, 4) is 0 Å². The van der Waals surface area contributed by atoms with E-state index in [0.29, 0.717) is 37.0 Å². The molecule has 48 heavy (non-hydrogen) atoms. The van der Waals surface area contributed by atoms with Crippen LogP contribution in [0.4, 0.5) is 0 Å². The van der Waals surface area contributed by atoms with Crippen LogP contribution in [0.3, 0.4) is 0 Å². The molecule has 12 nitrogen and oxygen atoms in total. The van der Waals surface area contributed by atoms with Gasteiger partial charge in [0.15, 0.2) is 0 Å². The van der Waals surface area contributed by atoms with Crippen molar-refractivity contribution in [3.63, 3.8) is 0 Å². The van der Waals surface area contributed by atoms with Gasteiger partial charge in [0.2, 0.25) is 0 Å². The average molecular weight is 965 g/mol. The minimum atomic E-state index is 0. The van der Waals surface area contributed by atoms with E-state index in [1.54, 1.807) is 0 Å². The molecule has 10 fully saturated rings. The Hall–Kier alpha value is -1.57. The first-order valence-corrected chi connectivity index (χ1v) is 21.1. The quantitative estimate of drug-likeness (QED) is 0.192. The second-order valence-corrected chi connectivity index (χ2v) is 11.4. The molecule has 10 heterocycles. The summed E-state index contributed by atoms with van der Waals surface area (Å²) in [7, 11) is 0. The largest absolute Gasteiger partial charge is 0.342 e. The van der Waals surface area contributed by atoms with E-state index in [-0.39, 0.29) is 58.1 Å². The minimum absolute atomic E-state index is 0. The molecule has 13 unspecified atom stereocenters. The van der Waals surface area contributed by atoms with Gasteiger partial charge in [-0.2, -0.15) is 0 Å². The molecule has 0 aromatic heterocycles. The van der Waals surface area contributed by atoms with E-state index in [9.17, 15) is 0 Å². The molecule has 5 N–H and O–H groups in total. The number of halogens is 1. The minimum Gasteiger partial charge on any atom is -0.342 e. The van der Waals surface area contributed by atoms with Crippen molar-refractivity contribution in [2.45, 2.75) is 122 Å². The summed E-state index contributed by atoms with van der Waals surface area (Å²) in [6.07, 6.45) is 23.6. The molecule has 13 atom stereocenters. The maximum absolute atomic E-state index is 4.16. The zero-order valence-corrected chi connectivity index (χ0v) is 35.8. The molecule has 0 spiro atoms. The predicted molar refractivity (Wildman–Crippen MR) is 206 cm³/mol. The van der Waals surface area contributed by atoms with Crippen molar-refractivity contribution in [2.75, 3.05) is 0 Å². The molecule has 0 aromatic carbocycles. The molecule has 268 valence electrons. The van der Waals surface area contributed by atoms with E-state index >= 15 is 0 Å². The van der Waals surface area contributed by atoms with Crippen LogP contribution in [0, 0.1) is 0 Å². The van der Waals surface area contributed by atoms with Crippen LogP contribution in [0.15, 0.2) is 87.9 Å². The first kappa shape index (κ1) is 40.9. The summed E-state index contributed by atoms with van der Waals surface area (Å²) < 4.78 is 0. The number of nitrogens with zero attached hydrogens (tertiary/aromatic N) is 7. The van der Waals surface area contributed by atoms with Crippen molar-refractivity contribution in [1.82, 2.24) is 60.9 Å². The number of hydrogen-bond donors (Lipinski definition) is 5. The first-order chi connectivity index (χ1) is 23.1. The van der Waals surface area contributed by atoms with Gasteiger partial charge in [-0.05, 0) is 64.2 Å². The summed E-state index contributed by atoms with van der Waals surface area (Å²) >= 11 is 2.07. The molecule has 0 aliphatic carbocycles. The van der Waals surface area contributed by atoms with Crippen molar-refractivity contribution in [1.29, 1.82) is 0 Å². The number of piperazine rings is 2. The van der Waals surface area contributed by atoms with Crippen LogP contribution >= 0.6 is 28.9 Å². The Bertz CT molecular complexity index is 1140. The van der Waals surface area contributed by atoms with Crippen molar-refractivity contribution in [3.05, 3.63) is 87.9 Å². The van der Waals surface area contributed by atoms with Crippen LogP contribution in [0.1, 0.15) is 48.5 Å². The second kappa shape index (κ2) is 18.1. The Morgan fingerprint density at radius 3 is 1.00 bits per heavy atom. The molecule has 15 heteroatoms. The third kappa shape index (κ3) is 6.29. The Morgan fingerprint density at radius 2 is 0.688 bits per heavy atom. The monoisotopic (exact) mass is 964 g/mol. The van der Waals surface area contributed by atoms with Gasteiger partial charge in [-0.3, -0.25) is 26.6 Å². The molecule has 0 aromatic rings. The maximum atomic E-state index is 4.16. The number of rotatable bonds is 7. The van der Waals surface area contributed by atoms with Gasteiger partial charge in [-0.1, -0.05) is 101 Å². The second-order valence-electron chi connectivity index (χ2n) is 11.4. The van der Waals surface area contributed by atoms with E-state index in [2.05, 4.69) is 174 Å². The fourth-order valence-corrected chi connectivity index (χ4v) is 8.40. The van der Waals surface area contributed by atoms with Crippen LogP contribution in [-0.2, 0) is 21.1 Å².